The van der Waals surface area contributed by atoms with Gasteiger partial charge in [0.25, 0.3) is 0 Å². The summed E-state index contributed by atoms with van der Waals surface area (Å²) in [4.78, 5) is 14.5. The normalized spacial score (nSPS) is 22.8. The minimum absolute atomic E-state index is 0.0608. The largest absolute Gasteiger partial charge is 0.373 e. The van der Waals surface area contributed by atoms with Crippen molar-refractivity contribution in [2.75, 3.05) is 19.6 Å². The van der Waals surface area contributed by atoms with E-state index in [1.165, 1.54) is 5.56 Å². The van der Waals surface area contributed by atoms with Crippen LogP contribution in [-0.4, -0.2) is 48.2 Å². The van der Waals surface area contributed by atoms with E-state index in [4.69, 9.17) is 4.74 Å². The first-order chi connectivity index (χ1) is 10.9. The van der Waals surface area contributed by atoms with Gasteiger partial charge in [0.1, 0.15) is 0 Å². The number of morpholine rings is 1. The van der Waals surface area contributed by atoms with Gasteiger partial charge in [-0.25, -0.2) is 0 Å². The molecular weight excluding hydrogens is 288 g/mol. The summed E-state index contributed by atoms with van der Waals surface area (Å²) in [6.45, 7) is 11.1. The zero-order valence-electron chi connectivity index (χ0n) is 14.8. The third-order valence-electron chi connectivity index (χ3n) is 4.48. The smallest absolute Gasteiger partial charge is 0.220 e. The Balaban J connectivity index is 1.78. The second-order valence-corrected chi connectivity index (χ2v) is 7.24. The van der Waals surface area contributed by atoms with E-state index in [1.807, 2.05) is 18.2 Å². The lowest BCUT2D eigenvalue weighted by molar-refractivity contribution is -0.122. The minimum atomic E-state index is -0.0608. The minimum Gasteiger partial charge on any atom is -0.373 e. The maximum absolute atomic E-state index is 12.1. The van der Waals surface area contributed by atoms with Crippen LogP contribution in [0.15, 0.2) is 30.3 Å². The topological polar surface area (TPSA) is 41.6 Å². The molecule has 0 saturated carbocycles. The van der Waals surface area contributed by atoms with Crippen LogP contribution in [0.3, 0.4) is 0 Å². The number of carbonyl (C=O) groups is 1. The summed E-state index contributed by atoms with van der Waals surface area (Å²) in [6.07, 6.45) is 1.81. The lowest BCUT2D eigenvalue weighted by Gasteiger charge is -2.45. The first-order valence-electron chi connectivity index (χ1n) is 8.58. The van der Waals surface area contributed by atoms with Crippen molar-refractivity contribution in [2.45, 2.75) is 58.3 Å². The molecule has 1 aliphatic rings. The van der Waals surface area contributed by atoms with Crippen molar-refractivity contribution >= 4 is 5.91 Å². The van der Waals surface area contributed by atoms with Crippen molar-refractivity contribution in [2.24, 2.45) is 0 Å². The molecule has 0 aromatic heterocycles. The van der Waals surface area contributed by atoms with Crippen LogP contribution in [0.4, 0.5) is 0 Å². The van der Waals surface area contributed by atoms with Crippen LogP contribution in [0, 0.1) is 0 Å². The molecule has 128 valence electrons. The highest BCUT2D eigenvalue weighted by atomic mass is 16.5. The molecule has 1 N–H and O–H groups in total. The molecule has 2 rings (SSSR count). The predicted octanol–water partition coefficient (Wildman–Crippen LogP) is 2.62. The van der Waals surface area contributed by atoms with Gasteiger partial charge < -0.3 is 10.1 Å². The summed E-state index contributed by atoms with van der Waals surface area (Å²) in [7, 11) is 0. The van der Waals surface area contributed by atoms with Gasteiger partial charge >= 0.3 is 0 Å². The van der Waals surface area contributed by atoms with E-state index >= 15 is 0 Å². The van der Waals surface area contributed by atoms with Crippen LogP contribution in [0.2, 0.25) is 0 Å². The van der Waals surface area contributed by atoms with Crippen molar-refractivity contribution < 1.29 is 9.53 Å². The van der Waals surface area contributed by atoms with Crippen LogP contribution in [0.1, 0.15) is 39.7 Å². The molecule has 1 heterocycles. The predicted molar refractivity (Wildman–Crippen MR) is 93.4 cm³/mol. The number of ether oxygens (including phenoxy) is 1. The summed E-state index contributed by atoms with van der Waals surface area (Å²) in [5.74, 6) is 0.122. The van der Waals surface area contributed by atoms with Crippen LogP contribution < -0.4 is 5.32 Å². The summed E-state index contributed by atoms with van der Waals surface area (Å²) in [5, 5.41) is 3.10. The van der Waals surface area contributed by atoms with E-state index in [-0.39, 0.29) is 23.7 Å². The highest BCUT2D eigenvalue weighted by Crippen LogP contribution is 2.20. The Hall–Kier alpha value is -1.39. The maximum atomic E-state index is 12.1. The van der Waals surface area contributed by atoms with Gasteiger partial charge in [-0.2, -0.15) is 0 Å². The van der Waals surface area contributed by atoms with Gasteiger partial charge in [0.05, 0.1) is 12.2 Å². The van der Waals surface area contributed by atoms with Crippen molar-refractivity contribution in [1.29, 1.82) is 0 Å². The molecule has 4 heteroatoms. The number of hydrogen-bond donors (Lipinski definition) is 1. The lowest BCUT2D eigenvalue weighted by atomic mass is 10.00. The number of hydrogen-bond acceptors (Lipinski definition) is 3. The molecule has 0 aliphatic carbocycles. The van der Waals surface area contributed by atoms with E-state index in [1.54, 1.807) is 0 Å². The van der Waals surface area contributed by atoms with E-state index in [2.05, 4.69) is 50.0 Å². The number of rotatable bonds is 6. The van der Waals surface area contributed by atoms with Crippen LogP contribution in [0.5, 0.6) is 0 Å². The van der Waals surface area contributed by atoms with Crippen molar-refractivity contribution in [3.05, 3.63) is 35.9 Å². The monoisotopic (exact) mass is 318 g/mol. The summed E-state index contributed by atoms with van der Waals surface area (Å²) in [6, 6.07) is 10.1. The molecule has 1 saturated heterocycles. The van der Waals surface area contributed by atoms with Gasteiger partial charge in [0.15, 0.2) is 0 Å². The van der Waals surface area contributed by atoms with Crippen molar-refractivity contribution in [1.82, 2.24) is 10.2 Å². The van der Waals surface area contributed by atoms with Gasteiger partial charge in [0, 0.05) is 31.6 Å². The number of carbonyl (C=O) groups excluding carboxylic acids is 1. The van der Waals surface area contributed by atoms with Gasteiger partial charge in [0.2, 0.25) is 5.91 Å². The molecule has 0 radical (unpaired) electrons. The molecule has 1 aliphatic heterocycles. The molecule has 4 nitrogen and oxygen atoms in total. The van der Waals surface area contributed by atoms with E-state index < -0.39 is 0 Å². The molecule has 0 bridgehead atoms. The highest BCUT2D eigenvalue weighted by Gasteiger charge is 2.33. The summed E-state index contributed by atoms with van der Waals surface area (Å²) >= 11 is 0. The Labute approximate surface area is 140 Å². The SMILES string of the molecule is C[C@H]1CN(C(C)(C)CNC(=O)CCc2ccccc2)C[C@H](C)O1. The summed E-state index contributed by atoms with van der Waals surface area (Å²) in [5.41, 5.74) is 1.15. The Bertz CT molecular complexity index is 491. The summed E-state index contributed by atoms with van der Waals surface area (Å²) < 4.78 is 5.80. The molecule has 1 fully saturated rings. The Morgan fingerprint density at radius 2 is 1.83 bits per heavy atom. The fourth-order valence-electron chi connectivity index (χ4n) is 3.09. The molecular formula is C19H30N2O2. The standard InChI is InChI=1S/C19H30N2O2/c1-15-12-21(13-16(2)23-15)19(3,4)14-20-18(22)11-10-17-8-6-5-7-9-17/h5-9,15-16H,10-14H2,1-4H3,(H,20,22)/t15-,16-/m0/s1. The first-order valence-corrected chi connectivity index (χ1v) is 8.58. The molecule has 0 spiro atoms. The number of nitrogens with zero attached hydrogens (tertiary/aromatic N) is 1. The van der Waals surface area contributed by atoms with E-state index in [0.29, 0.717) is 13.0 Å². The van der Waals surface area contributed by atoms with Crippen LogP contribution in [-0.2, 0) is 16.0 Å². The maximum Gasteiger partial charge on any atom is 0.220 e. The van der Waals surface area contributed by atoms with Crippen molar-refractivity contribution in [3.8, 4) is 0 Å². The molecule has 2 atom stereocenters. The van der Waals surface area contributed by atoms with Gasteiger partial charge in [-0.05, 0) is 39.7 Å². The number of aryl methyl sites for hydroxylation is 1. The van der Waals surface area contributed by atoms with E-state index in [0.717, 1.165) is 19.5 Å². The Kier molecular flexibility index (Phi) is 6.19. The Morgan fingerprint density at radius 3 is 2.43 bits per heavy atom. The third kappa shape index (κ3) is 5.63. The zero-order chi connectivity index (χ0) is 16.9. The average molecular weight is 318 g/mol. The number of benzene rings is 1. The lowest BCUT2D eigenvalue weighted by Crippen LogP contribution is -2.58. The number of amides is 1. The van der Waals surface area contributed by atoms with Gasteiger partial charge in [-0.15, -0.1) is 0 Å². The zero-order valence-corrected chi connectivity index (χ0v) is 14.8. The van der Waals surface area contributed by atoms with Crippen molar-refractivity contribution in [3.63, 3.8) is 0 Å². The molecule has 23 heavy (non-hydrogen) atoms. The highest BCUT2D eigenvalue weighted by molar-refractivity contribution is 5.76. The van der Waals surface area contributed by atoms with Crippen LogP contribution >= 0.6 is 0 Å². The van der Waals surface area contributed by atoms with Crippen LogP contribution in [0.25, 0.3) is 0 Å². The molecule has 1 amide bonds. The Morgan fingerprint density at radius 1 is 1.22 bits per heavy atom. The van der Waals surface area contributed by atoms with Gasteiger partial charge in [-0.3, -0.25) is 9.69 Å². The quantitative estimate of drug-likeness (QED) is 0.877. The molecule has 0 unspecified atom stereocenters. The molecule has 1 aromatic carbocycles. The fraction of sp³-hybridized carbons (Fsp3) is 0.632. The van der Waals surface area contributed by atoms with Gasteiger partial charge in [-0.1, -0.05) is 30.3 Å². The fourth-order valence-corrected chi connectivity index (χ4v) is 3.09. The van der Waals surface area contributed by atoms with E-state index in [9.17, 15) is 4.79 Å². The molecule has 1 aromatic rings. The second-order valence-electron chi connectivity index (χ2n) is 7.24. The first kappa shape index (κ1) is 18.0. The number of nitrogens with one attached hydrogen (secondary N) is 1. The average Bonchev–Trinajstić information content (AvgIpc) is 2.51. The second kappa shape index (κ2) is 7.93. The third-order valence-corrected chi connectivity index (χ3v) is 4.48.